The van der Waals surface area contributed by atoms with Crippen LogP contribution in [0.3, 0.4) is 0 Å². The van der Waals surface area contributed by atoms with E-state index in [2.05, 4.69) is 26.7 Å². The zero-order valence-electron chi connectivity index (χ0n) is 15.4. The predicted octanol–water partition coefficient (Wildman–Crippen LogP) is 4.71. The van der Waals surface area contributed by atoms with Crippen LogP contribution in [0.2, 0.25) is 0 Å². The number of carbonyl (C=O) groups excluding carboxylic acids is 1. The van der Waals surface area contributed by atoms with Crippen LogP contribution in [0.1, 0.15) is 32.9 Å². The van der Waals surface area contributed by atoms with E-state index in [-0.39, 0.29) is 5.91 Å². The zero-order valence-corrected chi connectivity index (χ0v) is 15.4. The number of benzene rings is 2. The number of carbonyl (C=O) groups is 1. The summed E-state index contributed by atoms with van der Waals surface area (Å²) in [6, 6.07) is 15.5. The van der Waals surface area contributed by atoms with Crippen LogP contribution in [-0.2, 0) is 0 Å². The van der Waals surface area contributed by atoms with Gasteiger partial charge in [0.1, 0.15) is 5.69 Å². The average Bonchev–Trinajstić information content (AvgIpc) is 2.53. The van der Waals surface area contributed by atoms with Crippen molar-refractivity contribution in [2.45, 2.75) is 27.7 Å². The Bertz CT molecular complexity index is 946. The van der Waals surface area contributed by atoms with Crippen LogP contribution >= 0.6 is 0 Å². The van der Waals surface area contributed by atoms with E-state index in [1.54, 1.807) is 6.07 Å². The van der Waals surface area contributed by atoms with Gasteiger partial charge in [-0.25, -0.2) is 9.97 Å². The highest BCUT2D eigenvalue weighted by Gasteiger charge is 2.12. The molecule has 0 bridgehead atoms. The number of aryl methyl sites for hydroxylation is 4. The van der Waals surface area contributed by atoms with Gasteiger partial charge in [0, 0.05) is 17.1 Å². The number of hydrogen-bond acceptors (Lipinski definition) is 4. The molecule has 0 unspecified atom stereocenters. The Hall–Kier alpha value is -3.21. The number of aromatic nitrogens is 2. The van der Waals surface area contributed by atoms with Crippen LogP contribution in [0.4, 0.5) is 17.3 Å². The second kappa shape index (κ2) is 7.35. The first-order valence-electron chi connectivity index (χ1n) is 8.48. The van der Waals surface area contributed by atoms with Crippen LogP contribution in [-0.4, -0.2) is 15.9 Å². The summed E-state index contributed by atoms with van der Waals surface area (Å²) in [5, 5.41) is 6.07. The Balaban J connectivity index is 1.83. The molecule has 0 saturated carbocycles. The van der Waals surface area contributed by atoms with Gasteiger partial charge in [-0.15, -0.1) is 0 Å². The fraction of sp³-hybridized carbons (Fsp3) is 0.190. The molecular weight excluding hydrogens is 324 g/mol. The predicted molar refractivity (Wildman–Crippen MR) is 105 cm³/mol. The molecule has 0 atom stereocenters. The van der Waals surface area contributed by atoms with Crippen LogP contribution < -0.4 is 10.6 Å². The number of nitrogens with one attached hydrogen (secondary N) is 2. The van der Waals surface area contributed by atoms with E-state index in [1.807, 2.05) is 64.1 Å². The largest absolute Gasteiger partial charge is 0.324 e. The van der Waals surface area contributed by atoms with Crippen LogP contribution in [0, 0.1) is 27.7 Å². The SMILES string of the molecule is Cc1cc(C)cc(NC(=O)c2cc(C)nc(Nc3cccc(C)c3)n2)c1. The number of rotatable bonds is 4. The molecule has 3 aromatic rings. The number of amides is 1. The van der Waals surface area contributed by atoms with Gasteiger partial charge in [-0.2, -0.15) is 0 Å². The summed E-state index contributed by atoms with van der Waals surface area (Å²) >= 11 is 0. The quantitative estimate of drug-likeness (QED) is 0.718. The normalized spacial score (nSPS) is 10.5. The van der Waals surface area contributed by atoms with Crippen molar-refractivity contribution in [3.8, 4) is 0 Å². The molecule has 1 aromatic heterocycles. The van der Waals surface area contributed by atoms with Gasteiger partial charge >= 0.3 is 0 Å². The smallest absolute Gasteiger partial charge is 0.274 e. The van der Waals surface area contributed by atoms with Gasteiger partial charge in [0.05, 0.1) is 0 Å². The Labute approximate surface area is 153 Å². The third-order valence-corrected chi connectivity index (χ3v) is 3.84. The number of nitrogens with zero attached hydrogens (tertiary/aromatic N) is 2. The summed E-state index contributed by atoms with van der Waals surface area (Å²) in [7, 11) is 0. The first-order valence-corrected chi connectivity index (χ1v) is 8.48. The van der Waals surface area contributed by atoms with Gasteiger partial charge in [0.25, 0.3) is 5.91 Å². The molecule has 1 heterocycles. The Morgan fingerprint density at radius 3 is 2.19 bits per heavy atom. The van der Waals surface area contributed by atoms with Gasteiger partial charge in [-0.1, -0.05) is 18.2 Å². The molecule has 0 radical (unpaired) electrons. The number of anilines is 3. The molecule has 132 valence electrons. The molecule has 1 amide bonds. The highest BCUT2D eigenvalue weighted by molar-refractivity contribution is 6.03. The van der Waals surface area contributed by atoms with Gasteiger partial charge < -0.3 is 10.6 Å². The summed E-state index contributed by atoms with van der Waals surface area (Å²) < 4.78 is 0. The highest BCUT2D eigenvalue weighted by atomic mass is 16.1. The van der Waals surface area contributed by atoms with Crippen molar-refractivity contribution < 1.29 is 4.79 Å². The van der Waals surface area contributed by atoms with E-state index < -0.39 is 0 Å². The van der Waals surface area contributed by atoms with Crippen molar-refractivity contribution in [1.82, 2.24) is 9.97 Å². The van der Waals surface area contributed by atoms with Crippen molar-refractivity contribution in [2.75, 3.05) is 10.6 Å². The van der Waals surface area contributed by atoms with Crippen LogP contribution in [0.25, 0.3) is 0 Å². The molecule has 0 aliphatic carbocycles. The summed E-state index contributed by atoms with van der Waals surface area (Å²) in [5.41, 5.74) is 6.03. The van der Waals surface area contributed by atoms with Crippen molar-refractivity contribution in [2.24, 2.45) is 0 Å². The fourth-order valence-electron chi connectivity index (χ4n) is 2.83. The third kappa shape index (κ3) is 4.45. The van der Waals surface area contributed by atoms with Gasteiger partial charge in [-0.3, -0.25) is 4.79 Å². The van der Waals surface area contributed by atoms with Crippen molar-refractivity contribution in [3.05, 3.63) is 76.6 Å². The maximum absolute atomic E-state index is 12.6. The monoisotopic (exact) mass is 346 g/mol. The lowest BCUT2D eigenvalue weighted by Crippen LogP contribution is -2.15. The number of hydrogen-bond donors (Lipinski definition) is 2. The minimum atomic E-state index is -0.257. The molecule has 2 aromatic carbocycles. The first-order chi connectivity index (χ1) is 12.4. The molecule has 5 nitrogen and oxygen atoms in total. The standard InChI is InChI=1S/C21H22N4O/c1-13-6-5-7-17(9-13)24-21-22-16(4)12-19(25-21)20(26)23-18-10-14(2)8-15(3)11-18/h5-12H,1-4H3,(H,23,26)(H,22,24,25). The average molecular weight is 346 g/mol. The third-order valence-electron chi connectivity index (χ3n) is 3.84. The lowest BCUT2D eigenvalue weighted by atomic mass is 10.1. The molecular formula is C21H22N4O. The Morgan fingerprint density at radius 1 is 0.808 bits per heavy atom. The molecule has 0 saturated heterocycles. The van der Waals surface area contributed by atoms with Crippen molar-refractivity contribution >= 4 is 23.2 Å². The van der Waals surface area contributed by atoms with E-state index in [9.17, 15) is 4.79 Å². The molecule has 2 N–H and O–H groups in total. The lowest BCUT2D eigenvalue weighted by Gasteiger charge is -2.10. The summed E-state index contributed by atoms with van der Waals surface area (Å²) in [4.78, 5) is 21.4. The summed E-state index contributed by atoms with van der Waals surface area (Å²) in [6.45, 7) is 7.87. The van der Waals surface area contributed by atoms with Gasteiger partial charge in [-0.05, 0) is 74.7 Å². The fourth-order valence-corrected chi connectivity index (χ4v) is 2.83. The topological polar surface area (TPSA) is 66.9 Å². The lowest BCUT2D eigenvalue weighted by molar-refractivity contribution is 0.102. The molecule has 0 spiro atoms. The summed E-state index contributed by atoms with van der Waals surface area (Å²) in [5.74, 6) is 0.147. The van der Waals surface area contributed by atoms with E-state index in [4.69, 9.17) is 0 Å². The van der Waals surface area contributed by atoms with Gasteiger partial charge in [0.2, 0.25) is 5.95 Å². The minimum Gasteiger partial charge on any atom is -0.324 e. The van der Waals surface area contributed by atoms with Crippen LogP contribution in [0.5, 0.6) is 0 Å². The molecule has 26 heavy (non-hydrogen) atoms. The molecule has 3 rings (SSSR count). The molecule has 0 fully saturated rings. The molecule has 5 heteroatoms. The summed E-state index contributed by atoms with van der Waals surface area (Å²) in [6.07, 6.45) is 0. The first kappa shape index (κ1) is 17.6. The second-order valence-electron chi connectivity index (χ2n) is 6.54. The maximum atomic E-state index is 12.6. The zero-order chi connectivity index (χ0) is 18.7. The maximum Gasteiger partial charge on any atom is 0.274 e. The molecule has 0 aliphatic heterocycles. The van der Waals surface area contributed by atoms with Crippen molar-refractivity contribution in [1.29, 1.82) is 0 Å². The highest BCUT2D eigenvalue weighted by Crippen LogP contribution is 2.17. The van der Waals surface area contributed by atoms with E-state index in [0.717, 1.165) is 33.8 Å². The van der Waals surface area contributed by atoms with Crippen molar-refractivity contribution in [3.63, 3.8) is 0 Å². The van der Waals surface area contributed by atoms with E-state index >= 15 is 0 Å². The molecule has 0 aliphatic rings. The van der Waals surface area contributed by atoms with E-state index in [0.29, 0.717) is 11.6 Å². The van der Waals surface area contributed by atoms with Crippen LogP contribution in [0.15, 0.2) is 48.5 Å². The Morgan fingerprint density at radius 2 is 1.50 bits per heavy atom. The van der Waals surface area contributed by atoms with E-state index in [1.165, 1.54) is 0 Å². The Kier molecular flexibility index (Phi) is 4.98. The minimum absolute atomic E-state index is 0.257. The van der Waals surface area contributed by atoms with Gasteiger partial charge in [0.15, 0.2) is 0 Å². The second-order valence-corrected chi connectivity index (χ2v) is 6.54.